The second kappa shape index (κ2) is 7.14. The van der Waals surface area contributed by atoms with Gasteiger partial charge in [-0.3, -0.25) is 4.79 Å². The first kappa shape index (κ1) is 11.5. The topological polar surface area (TPSA) is 26.3 Å². The van der Waals surface area contributed by atoms with E-state index >= 15 is 0 Å². The van der Waals surface area contributed by atoms with Crippen molar-refractivity contribution in [2.24, 2.45) is 5.92 Å². The van der Waals surface area contributed by atoms with Crippen LogP contribution in [-0.4, -0.2) is 12.6 Å². The molecule has 72 valence electrons. The van der Waals surface area contributed by atoms with Gasteiger partial charge in [0.25, 0.3) is 0 Å². The summed E-state index contributed by atoms with van der Waals surface area (Å²) in [6, 6.07) is 0. The van der Waals surface area contributed by atoms with Crippen LogP contribution < -0.4 is 0 Å². The normalized spacial score (nSPS) is 12.6. The number of esters is 1. The number of carbonyl (C=O) groups excluding carboxylic acids is 1. The van der Waals surface area contributed by atoms with Crippen molar-refractivity contribution in [3.05, 3.63) is 0 Å². The fourth-order valence-electron chi connectivity index (χ4n) is 1.16. The second-order valence-electron chi connectivity index (χ2n) is 3.26. The maximum absolute atomic E-state index is 11.0. The van der Waals surface area contributed by atoms with Crippen molar-refractivity contribution >= 4 is 5.97 Å². The molecule has 0 saturated heterocycles. The van der Waals surface area contributed by atoms with Crippen LogP contribution in [0.4, 0.5) is 0 Å². The lowest BCUT2D eigenvalue weighted by atomic mass is 10.0. The van der Waals surface area contributed by atoms with Gasteiger partial charge in [-0.25, -0.2) is 0 Å². The highest BCUT2D eigenvalue weighted by Crippen LogP contribution is 2.12. The Morgan fingerprint density at radius 3 is 2.58 bits per heavy atom. The molecule has 0 spiro atoms. The lowest BCUT2D eigenvalue weighted by molar-refractivity contribution is -0.144. The van der Waals surface area contributed by atoms with Gasteiger partial charge in [0.05, 0.1) is 6.61 Å². The quantitative estimate of drug-likeness (QED) is 0.576. The molecule has 0 saturated carbocycles. The Balaban J connectivity index is 3.40. The SMILES string of the molecule is CCCC[C@H](C)CC(=O)OCC. The number of unbranched alkanes of at least 4 members (excludes halogenated alkanes) is 1. The van der Waals surface area contributed by atoms with E-state index in [2.05, 4.69) is 13.8 Å². The minimum Gasteiger partial charge on any atom is -0.466 e. The number of rotatable bonds is 6. The monoisotopic (exact) mass is 172 g/mol. The summed E-state index contributed by atoms with van der Waals surface area (Å²) in [6.07, 6.45) is 4.12. The molecule has 1 atom stereocenters. The molecule has 0 aromatic rings. The van der Waals surface area contributed by atoms with Crippen molar-refractivity contribution in [2.45, 2.75) is 46.5 Å². The van der Waals surface area contributed by atoms with E-state index in [1.807, 2.05) is 6.92 Å². The molecule has 0 aromatic carbocycles. The van der Waals surface area contributed by atoms with Crippen molar-refractivity contribution < 1.29 is 9.53 Å². The molecule has 0 rings (SSSR count). The van der Waals surface area contributed by atoms with E-state index < -0.39 is 0 Å². The Morgan fingerprint density at radius 2 is 2.08 bits per heavy atom. The van der Waals surface area contributed by atoms with Crippen LogP contribution in [0, 0.1) is 5.92 Å². The maximum Gasteiger partial charge on any atom is 0.306 e. The molecule has 0 aromatic heterocycles. The highest BCUT2D eigenvalue weighted by atomic mass is 16.5. The smallest absolute Gasteiger partial charge is 0.306 e. The average Bonchev–Trinajstić information content (AvgIpc) is 2.01. The second-order valence-corrected chi connectivity index (χ2v) is 3.26. The lowest BCUT2D eigenvalue weighted by Crippen LogP contribution is -2.09. The molecule has 0 aliphatic rings. The number of hydrogen-bond acceptors (Lipinski definition) is 2. The van der Waals surface area contributed by atoms with E-state index in [-0.39, 0.29) is 5.97 Å². The Hall–Kier alpha value is -0.530. The third kappa shape index (κ3) is 6.20. The van der Waals surface area contributed by atoms with Gasteiger partial charge in [-0.05, 0) is 12.8 Å². The zero-order chi connectivity index (χ0) is 9.40. The largest absolute Gasteiger partial charge is 0.466 e. The van der Waals surface area contributed by atoms with Gasteiger partial charge in [0.2, 0.25) is 0 Å². The molecule has 12 heavy (non-hydrogen) atoms. The third-order valence-electron chi connectivity index (χ3n) is 1.87. The Morgan fingerprint density at radius 1 is 1.42 bits per heavy atom. The van der Waals surface area contributed by atoms with E-state index in [1.165, 1.54) is 12.8 Å². The summed E-state index contributed by atoms with van der Waals surface area (Å²) in [5.74, 6) is 0.421. The first-order chi connectivity index (χ1) is 5.70. The van der Waals surface area contributed by atoms with Gasteiger partial charge in [-0.2, -0.15) is 0 Å². The van der Waals surface area contributed by atoms with Gasteiger partial charge in [-0.1, -0.05) is 33.1 Å². The van der Waals surface area contributed by atoms with E-state index in [1.54, 1.807) is 0 Å². The zero-order valence-corrected chi connectivity index (χ0v) is 8.43. The van der Waals surface area contributed by atoms with Gasteiger partial charge in [0.1, 0.15) is 0 Å². The number of hydrogen-bond donors (Lipinski definition) is 0. The summed E-state index contributed by atoms with van der Waals surface area (Å²) in [6.45, 7) is 6.61. The Labute approximate surface area is 75.3 Å². The minimum absolute atomic E-state index is 0.0545. The van der Waals surface area contributed by atoms with Crippen LogP contribution in [0.3, 0.4) is 0 Å². The van der Waals surface area contributed by atoms with Crippen molar-refractivity contribution in [1.82, 2.24) is 0 Å². The maximum atomic E-state index is 11.0. The Kier molecular flexibility index (Phi) is 6.82. The molecule has 0 radical (unpaired) electrons. The van der Waals surface area contributed by atoms with Crippen LogP contribution in [0.25, 0.3) is 0 Å². The van der Waals surface area contributed by atoms with Crippen molar-refractivity contribution in [3.8, 4) is 0 Å². The van der Waals surface area contributed by atoms with Crippen LogP contribution in [0.15, 0.2) is 0 Å². The molecule has 2 nitrogen and oxygen atoms in total. The molecular formula is C10H20O2. The van der Waals surface area contributed by atoms with Crippen LogP contribution in [0.1, 0.15) is 46.5 Å². The summed E-state index contributed by atoms with van der Waals surface area (Å²) < 4.78 is 4.85. The standard InChI is InChI=1S/C10H20O2/c1-4-6-7-9(3)8-10(11)12-5-2/h9H,4-8H2,1-3H3/t9-/m0/s1. The number of carbonyl (C=O) groups is 1. The van der Waals surface area contributed by atoms with Crippen molar-refractivity contribution in [1.29, 1.82) is 0 Å². The fourth-order valence-corrected chi connectivity index (χ4v) is 1.16. The molecule has 0 heterocycles. The van der Waals surface area contributed by atoms with E-state index in [9.17, 15) is 4.79 Å². The molecule has 2 heteroatoms. The fraction of sp³-hybridized carbons (Fsp3) is 0.900. The molecule has 0 amide bonds. The van der Waals surface area contributed by atoms with E-state index in [4.69, 9.17) is 4.74 Å². The predicted molar refractivity (Wildman–Crippen MR) is 49.9 cm³/mol. The van der Waals surface area contributed by atoms with Crippen molar-refractivity contribution in [3.63, 3.8) is 0 Å². The van der Waals surface area contributed by atoms with Gasteiger partial charge in [-0.15, -0.1) is 0 Å². The van der Waals surface area contributed by atoms with E-state index in [0.29, 0.717) is 18.9 Å². The van der Waals surface area contributed by atoms with Gasteiger partial charge >= 0.3 is 5.97 Å². The minimum atomic E-state index is -0.0545. The molecule has 0 unspecified atom stereocenters. The van der Waals surface area contributed by atoms with Crippen molar-refractivity contribution in [2.75, 3.05) is 6.61 Å². The third-order valence-corrected chi connectivity index (χ3v) is 1.87. The lowest BCUT2D eigenvalue weighted by Gasteiger charge is -2.08. The van der Waals surface area contributed by atoms with E-state index in [0.717, 1.165) is 6.42 Å². The molecule has 0 aliphatic heterocycles. The van der Waals surface area contributed by atoms with Crippen LogP contribution in [0.5, 0.6) is 0 Å². The molecule has 0 N–H and O–H groups in total. The first-order valence-corrected chi connectivity index (χ1v) is 4.86. The first-order valence-electron chi connectivity index (χ1n) is 4.86. The summed E-state index contributed by atoms with van der Waals surface area (Å²) in [4.78, 5) is 11.0. The molecule has 0 aliphatic carbocycles. The van der Waals surface area contributed by atoms with Crippen LogP contribution in [-0.2, 0) is 9.53 Å². The van der Waals surface area contributed by atoms with Crippen LogP contribution >= 0.6 is 0 Å². The highest BCUT2D eigenvalue weighted by molar-refractivity contribution is 5.69. The van der Waals surface area contributed by atoms with Gasteiger partial charge in [0, 0.05) is 6.42 Å². The summed E-state index contributed by atoms with van der Waals surface area (Å²) in [7, 11) is 0. The molecular weight excluding hydrogens is 152 g/mol. The summed E-state index contributed by atoms with van der Waals surface area (Å²) >= 11 is 0. The zero-order valence-electron chi connectivity index (χ0n) is 8.43. The summed E-state index contributed by atoms with van der Waals surface area (Å²) in [5.41, 5.74) is 0. The van der Waals surface area contributed by atoms with Gasteiger partial charge < -0.3 is 4.74 Å². The van der Waals surface area contributed by atoms with Crippen LogP contribution in [0.2, 0.25) is 0 Å². The number of ether oxygens (including phenoxy) is 1. The predicted octanol–water partition coefficient (Wildman–Crippen LogP) is 2.77. The Bertz CT molecular complexity index is 121. The average molecular weight is 172 g/mol. The molecule has 0 bridgehead atoms. The van der Waals surface area contributed by atoms with Gasteiger partial charge in [0.15, 0.2) is 0 Å². The summed E-state index contributed by atoms with van der Waals surface area (Å²) in [5, 5.41) is 0. The highest BCUT2D eigenvalue weighted by Gasteiger charge is 2.08. The molecule has 0 fully saturated rings.